The molecular formula is C5H12N3. The quantitative estimate of drug-likeness (QED) is 0.507. The summed E-state index contributed by atoms with van der Waals surface area (Å²) in [7, 11) is 0. The second kappa shape index (κ2) is 3.02. The highest BCUT2D eigenvalue weighted by Gasteiger charge is 2.07. The second-order valence-electron chi connectivity index (χ2n) is 2.03. The van der Waals surface area contributed by atoms with Crippen LogP contribution in [0.4, 0.5) is 0 Å². The summed E-state index contributed by atoms with van der Waals surface area (Å²) in [4.78, 5) is 2.24. The molecule has 0 unspecified atom stereocenters. The lowest BCUT2D eigenvalue weighted by molar-refractivity contribution is 0.343. The molecule has 1 heterocycles. The third-order valence-corrected chi connectivity index (χ3v) is 1.37. The fourth-order valence-electron chi connectivity index (χ4n) is 0.902. The van der Waals surface area contributed by atoms with E-state index in [4.69, 9.17) is 5.73 Å². The third kappa shape index (κ3) is 1.43. The summed E-state index contributed by atoms with van der Waals surface area (Å²) in [5, 5.41) is 3.20. The lowest BCUT2D eigenvalue weighted by Crippen LogP contribution is -2.25. The Bertz CT molecular complexity index is 58.7. The molecule has 0 spiro atoms. The number of nitrogens with zero attached hydrogens (tertiary/aromatic N) is 1. The maximum absolute atomic E-state index is 6.90. The van der Waals surface area contributed by atoms with Crippen molar-refractivity contribution < 1.29 is 0 Å². The summed E-state index contributed by atoms with van der Waals surface area (Å²) in [6, 6.07) is 0. The molecule has 1 aliphatic rings. The monoisotopic (exact) mass is 114 g/mol. The van der Waals surface area contributed by atoms with Gasteiger partial charge in [0.1, 0.15) is 0 Å². The molecule has 1 fully saturated rings. The molecule has 0 atom stereocenters. The van der Waals surface area contributed by atoms with Gasteiger partial charge in [-0.2, -0.15) is 0 Å². The molecule has 0 aromatic heterocycles. The van der Waals surface area contributed by atoms with Gasteiger partial charge in [0.25, 0.3) is 0 Å². The van der Waals surface area contributed by atoms with E-state index in [9.17, 15) is 0 Å². The predicted molar refractivity (Wildman–Crippen MR) is 32.4 cm³/mol. The van der Waals surface area contributed by atoms with Crippen molar-refractivity contribution in [2.45, 2.75) is 0 Å². The first-order chi connectivity index (χ1) is 3.93. The van der Waals surface area contributed by atoms with Crippen LogP contribution in [0.15, 0.2) is 0 Å². The Balaban J connectivity index is 2.06. The first-order valence-electron chi connectivity index (χ1n) is 3.01. The normalized spacial score (nSPS) is 22.1. The first kappa shape index (κ1) is 6.01. The summed E-state index contributed by atoms with van der Waals surface area (Å²) >= 11 is 0. The summed E-state index contributed by atoms with van der Waals surface area (Å²) in [5.74, 6) is 0. The fraction of sp³-hybridized carbons (Fsp3) is 1.00. The average Bonchev–Trinajstić information content (AvgIpc) is 2.19. The Hall–Kier alpha value is -0.120. The van der Waals surface area contributed by atoms with E-state index in [1.165, 1.54) is 0 Å². The van der Waals surface area contributed by atoms with E-state index in [1.54, 1.807) is 0 Å². The molecular weight excluding hydrogens is 102 g/mol. The van der Waals surface area contributed by atoms with E-state index in [0.717, 1.165) is 26.3 Å². The molecule has 1 aliphatic heterocycles. The number of hydrogen-bond acceptors (Lipinski definition) is 2. The van der Waals surface area contributed by atoms with Crippen LogP contribution in [0.5, 0.6) is 0 Å². The van der Waals surface area contributed by atoms with Crippen LogP contribution in [-0.2, 0) is 0 Å². The SMILES string of the molecule is [NH]CCN1CCNC1. The van der Waals surface area contributed by atoms with Crippen molar-refractivity contribution in [2.75, 3.05) is 32.8 Å². The lowest BCUT2D eigenvalue weighted by atomic mass is 10.5. The van der Waals surface area contributed by atoms with Crippen LogP contribution in [-0.4, -0.2) is 37.7 Å². The summed E-state index contributed by atoms with van der Waals surface area (Å²) in [6.07, 6.45) is 0. The molecule has 3 heteroatoms. The summed E-state index contributed by atoms with van der Waals surface area (Å²) < 4.78 is 0. The van der Waals surface area contributed by atoms with Gasteiger partial charge in [-0.25, -0.2) is 0 Å². The molecule has 2 N–H and O–H groups in total. The molecule has 3 nitrogen and oxygen atoms in total. The largest absolute Gasteiger partial charge is 0.303 e. The van der Waals surface area contributed by atoms with E-state index in [2.05, 4.69) is 10.2 Å². The van der Waals surface area contributed by atoms with E-state index < -0.39 is 0 Å². The number of rotatable bonds is 2. The van der Waals surface area contributed by atoms with Gasteiger partial charge in [0, 0.05) is 32.8 Å². The van der Waals surface area contributed by atoms with Crippen LogP contribution in [0.1, 0.15) is 0 Å². The van der Waals surface area contributed by atoms with Crippen LogP contribution in [0.25, 0.3) is 0 Å². The number of nitrogens with one attached hydrogen (secondary N) is 2. The predicted octanol–water partition coefficient (Wildman–Crippen LogP) is -0.868. The third-order valence-electron chi connectivity index (χ3n) is 1.37. The van der Waals surface area contributed by atoms with Gasteiger partial charge in [0.2, 0.25) is 0 Å². The van der Waals surface area contributed by atoms with Crippen LogP contribution in [0.3, 0.4) is 0 Å². The molecule has 0 aromatic carbocycles. The smallest absolute Gasteiger partial charge is 0.0481 e. The van der Waals surface area contributed by atoms with Crippen LogP contribution in [0, 0.1) is 0 Å². The van der Waals surface area contributed by atoms with Crippen molar-refractivity contribution in [3.05, 3.63) is 0 Å². The molecule has 0 amide bonds. The highest BCUT2D eigenvalue weighted by atomic mass is 15.3. The van der Waals surface area contributed by atoms with Crippen LogP contribution < -0.4 is 11.1 Å². The topological polar surface area (TPSA) is 39.1 Å². The van der Waals surface area contributed by atoms with Crippen molar-refractivity contribution in [3.63, 3.8) is 0 Å². The second-order valence-corrected chi connectivity index (χ2v) is 2.03. The Morgan fingerprint density at radius 2 is 2.50 bits per heavy atom. The van der Waals surface area contributed by atoms with Crippen molar-refractivity contribution in [1.29, 1.82) is 0 Å². The van der Waals surface area contributed by atoms with Gasteiger partial charge in [-0.1, -0.05) is 0 Å². The Morgan fingerprint density at radius 3 is 3.00 bits per heavy atom. The molecule has 0 saturated carbocycles. The zero-order valence-electron chi connectivity index (χ0n) is 4.98. The molecule has 0 aliphatic carbocycles. The van der Waals surface area contributed by atoms with Gasteiger partial charge in [-0.05, 0) is 0 Å². The standard InChI is InChI=1S/C5H12N3/c6-1-3-8-4-2-7-5-8/h6-7H,1-5H2. The zero-order valence-corrected chi connectivity index (χ0v) is 4.98. The highest BCUT2D eigenvalue weighted by Crippen LogP contribution is 1.88. The molecule has 0 bridgehead atoms. The van der Waals surface area contributed by atoms with E-state index in [1.807, 2.05) is 0 Å². The first-order valence-corrected chi connectivity index (χ1v) is 3.01. The molecule has 8 heavy (non-hydrogen) atoms. The van der Waals surface area contributed by atoms with Crippen LogP contribution >= 0.6 is 0 Å². The molecule has 47 valence electrons. The highest BCUT2D eigenvalue weighted by molar-refractivity contribution is 4.64. The molecule has 1 rings (SSSR count). The maximum atomic E-state index is 6.90. The Labute approximate surface area is 49.8 Å². The maximum Gasteiger partial charge on any atom is 0.0481 e. The molecule has 0 aromatic rings. The lowest BCUT2D eigenvalue weighted by Gasteiger charge is -2.09. The van der Waals surface area contributed by atoms with Crippen molar-refractivity contribution >= 4 is 0 Å². The Morgan fingerprint density at radius 1 is 1.62 bits per heavy atom. The van der Waals surface area contributed by atoms with Gasteiger partial charge in [0.05, 0.1) is 0 Å². The number of hydrogen-bond donors (Lipinski definition) is 1. The molecule has 1 saturated heterocycles. The minimum Gasteiger partial charge on any atom is -0.303 e. The average molecular weight is 114 g/mol. The van der Waals surface area contributed by atoms with Gasteiger partial charge in [-0.3, -0.25) is 10.6 Å². The van der Waals surface area contributed by atoms with Gasteiger partial charge in [-0.15, -0.1) is 0 Å². The van der Waals surface area contributed by atoms with Gasteiger partial charge < -0.3 is 5.32 Å². The van der Waals surface area contributed by atoms with E-state index in [0.29, 0.717) is 6.54 Å². The van der Waals surface area contributed by atoms with Gasteiger partial charge in [0.15, 0.2) is 0 Å². The van der Waals surface area contributed by atoms with Crippen molar-refractivity contribution in [2.24, 2.45) is 0 Å². The minimum absolute atomic E-state index is 0.529. The zero-order chi connectivity index (χ0) is 5.82. The van der Waals surface area contributed by atoms with Crippen LogP contribution in [0.2, 0.25) is 0 Å². The summed E-state index contributed by atoms with van der Waals surface area (Å²) in [5.41, 5.74) is 6.90. The fourth-order valence-corrected chi connectivity index (χ4v) is 0.902. The summed E-state index contributed by atoms with van der Waals surface area (Å²) in [6.45, 7) is 4.66. The van der Waals surface area contributed by atoms with Crippen molar-refractivity contribution in [1.82, 2.24) is 16.0 Å². The molecule has 1 radical (unpaired) electrons. The minimum atomic E-state index is 0.529. The van der Waals surface area contributed by atoms with E-state index in [-0.39, 0.29) is 0 Å². The Kier molecular flexibility index (Phi) is 2.27. The van der Waals surface area contributed by atoms with Gasteiger partial charge >= 0.3 is 0 Å². The van der Waals surface area contributed by atoms with E-state index >= 15 is 0 Å². The van der Waals surface area contributed by atoms with Crippen molar-refractivity contribution in [3.8, 4) is 0 Å².